The molecule has 94 valence electrons. The number of aliphatic hydroxyl groups excluding tert-OH is 1. The molecule has 17 heavy (non-hydrogen) atoms. The SMILES string of the molecule is CC1(C)C2=C(CCC=C2CO)N2CCOC21C. The van der Waals surface area contributed by atoms with Gasteiger partial charge >= 0.3 is 0 Å². The van der Waals surface area contributed by atoms with E-state index in [1.807, 2.05) is 0 Å². The lowest BCUT2D eigenvalue weighted by atomic mass is 9.73. The maximum atomic E-state index is 9.56. The molecule has 0 saturated carbocycles. The molecular weight excluding hydrogens is 214 g/mol. The van der Waals surface area contributed by atoms with Gasteiger partial charge in [-0.1, -0.05) is 19.9 Å². The second-order valence-corrected chi connectivity index (χ2v) is 5.86. The standard InChI is InChI=1S/C14H21NO2/c1-13(2)12-10(9-16)5-4-6-11(12)15-7-8-17-14(13,15)3/h5,16H,4,6-9H2,1-3H3. The monoisotopic (exact) mass is 235 g/mol. The second kappa shape index (κ2) is 3.36. The Kier molecular flexibility index (Phi) is 2.23. The smallest absolute Gasteiger partial charge is 0.147 e. The summed E-state index contributed by atoms with van der Waals surface area (Å²) in [7, 11) is 0. The number of hydrogen-bond donors (Lipinski definition) is 1. The zero-order valence-electron chi connectivity index (χ0n) is 10.9. The van der Waals surface area contributed by atoms with E-state index in [9.17, 15) is 5.11 Å². The molecule has 3 heteroatoms. The molecule has 1 aliphatic carbocycles. The van der Waals surface area contributed by atoms with Crippen LogP contribution in [0.1, 0.15) is 33.6 Å². The van der Waals surface area contributed by atoms with Gasteiger partial charge in [0, 0.05) is 17.7 Å². The third kappa shape index (κ3) is 1.19. The molecule has 0 aromatic rings. The average molecular weight is 235 g/mol. The summed E-state index contributed by atoms with van der Waals surface area (Å²) in [6.45, 7) is 8.61. The van der Waals surface area contributed by atoms with Crippen molar-refractivity contribution in [3.8, 4) is 0 Å². The lowest BCUT2D eigenvalue weighted by molar-refractivity contribution is -0.105. The van der Waals surface area contributed by atoms with Crippen molar-refractivity contribution < 1.29 is 9.84 Å². The molecule has 2 heterocycles. The van der Waals surface area contributed by atoms with Crippen LogP contribution >= 0.6 is 0 Å². The van der Waals surface area contributed by atoms with Gasteiger partial charge in [-0.05, 0) is 30.9 Å². The largest absolute Gasteiger partial charge is 0.392 e. The lowest BCUT2D eigenvalue weighted by Crippen LogP contribution is -2.47. The Bertz CT molecular complexity index is 422. The first kappa shape index (κ1) is 11.3. The molecule has 3 aliphatic rings. The molecule has 1 fully saturated rings. The summed E-state index contributed by atoms with van der Waals surface area (Å²) >= 11 is 0. The van der Waals surface area contributed by atoms with Crippen molar-refractivity contribution in [2.75, 3.05) is 19.8 Å². The van der Waals surface area contributed by atoms with Crippen LogP contribution in [-0.2, 0) is 4.74 Å². The predicted octanol–water partition coefficient (Wildman–Crippen LogP) is 2.04. The minimum atomic E-state index is -0.226. The minimum Gasteiger partial charge on any atom is -0.392 e. The third-order valence-corrected chi connectivity index (χ3v) is 4.88. The first-order valence-corrected chi connectivity index (χ1v) is 6.48. The van der Waals surface area contributed by atoms with Gasteiger partial charge in [-0.2, -0.15) is 0 Å². The van der Waals surface area contributed by atoms with Crippen molar-refractivity contribution in [1.29, 1.82) is 0 Å². The first-order valence-electron chi connectivity index (χ1n) is 6.48. The van der Waals surface area contributed by atoms with Gasteiger partial charge in [-0.15, -0.1) is 0 Å². The Morgan fingerprint density at radius 2 is 2.18 bits per heavy atom. The van der Waals surface area contributed by atoms with Crippen LogP contribution in [0.5, 0.6) is 0 Å². The molecule has 0 amide bonds. The number of aliphatic hydroxyl groups is 1. The highest BCUT2D eigenvalue weighted by atomic mass is 16.5. The van der Waals surface area contributed by atoms with E-state index in [2.05, 4.69) is 31.7 Å². The Labute approximate surface area is 103 Å². The molecular formula is C14H21NO2. The summed E-state index contributed by atoms with van der Waals surface area (Å²) in [6.07, 6.45) is 4.31. The van der Waals surface area contributed by atoms with Crippen molar-refractivity contribution >= 4 is 0 Å². The third-order valence-electron chi connectivity index (χ3n) is 4.88. The van der Waals surface area contributed by atoms with Crippen LogP contribution < -0.4 is 0 Å². The Morgan fingerprint density at radius 3 is 2.88 bits per heavy atom. The molecule has 0 spiro atoms. The molecule has 0 bridgehead atoms. The van der Waals surface area contributed by atoms with Crippen LogP contribution in [-0.4, -0.2) is 35.5 Å². The molecule has 0 radical (unpaired) electrons. The van der Waals surface area contributed by atoms with E-state index < -0.39 is 0 Å². The summed E-state index contributed by atoms with van der Waals surface area (Å²) < 4.78 is 6.04. The summed E-state index contributed by atoms with van der Waals surface area (Å²) in [4.78, 5) is 2.42. The van der Waals surface area contributed by atoms with E-state index in [0.717, 1.165) is 31.6 Å². The Hall–Kier alpha value is -0.800. The predicted molar refractivity (Wildman–Crippen MR) is 66.3 cm³/mol. The molecule has 1 N–H and O–H groups in total. The molecule has 0 aromatic carbocycles. The molecule has 3 rings (SSSR count). The van der Waals surface area contributed by atoms with Crippen LogP contribution in [0.25, 0.3) is 0 Å². The minimum absolute atomic E-state index is 0.0478. The molecule has 1 unspecified atom stereocenters. The van der Waals surface area contributed by atoms with Gasteiger partial charge in [0.15, 0.2) is 0 Å². The molecule has 3 nitrogen and oxygen atoms in total. The molecule has 1 saturated heterocycles. The van der Waals surface area contributed by atoms with E-state index in [1.165, 1.54) is 11.3 Å². The zero-order valence-corrected chi connectivity index (χ0v) is 10.9. The highest BCUT2D eigenvalue weighted by molar-refractivity contribution is 5.48. The van der Waals surface area contributed by atoms with Crippen molar-refractivity contribution in [2.24, 2.45) is 5.41 Å². The fraction of sp³-hybridized carbons (Fsp3) is 0.714. The van der Waals surface area contributed by atoms with Crippen molar-refractivity contribution in [3.05, 3.63) is 22.9 Å². The second-order valence-electron chi connectivity index (χ2n) is 5.86. The maximum Gasteiger partial charge on any atom is 0.147 e. The average Bonchev–Trinajstić information content (AvgIpc) is 2.77. The van der Waals surface area contributed by atoms with E-state index in [-0.39, 0.29) is 17.7 Å². The number of fused-ring (bicyclic) bond motifs is 2. The van der Waals surface area contributed by atoms with Gasteiger partial charge in [0.25, 0.3) is 0 Å². The molecule has 1 atom stereocenters. The van der Waals surface area contributed by atoms with Gasteiger partial charge in [0.1, 0.15) is 5.72 Å². The fourth-order valence-electron chi connectivity index (χ4n) is 3.74. The van der Waals surface area contributed by atoms with E-state index in [0.29, 0.717) is 0 Å². The molecule has 2 aliphatic heterocycles. The van der Waals surface area contributed by atoms with Gasteiger partial charge < -0.3 is 14.7 Å². The lowest BCUT2D eigenvalue weighted by Gasteiger charge is -2.40. The van der Waals surface area contributed by atoms with Crippen molar-refractivity contribution in [1.82, 2.24) is 4.90 Å². The van der Waals surface area contributed by atoms with E-state index >= 15 is 0 Å². The number of nitrogens with zero attached hydrogens (tertiary/aromatic N) is 1. The highest BCUT2D eigenvalue weighted by Gasteiger charge is 2.59. The summed E-state index contributed by atoms with van der Waals surface area (Å²) in [6, 6.07) is 0. The number of rotatable bonds is 1. The maximum absolute atomic E-state index is 9.56. The van der Waals surface area contributed by atoms with Crippen LogP contribution in [0.3, 0.4) is 0 Å². The van der Waals surface area contributed by atoms with Gasteiger partial charge in [0.05, 0.1) is 13.2 Å². The van der Waals surface area contributed by atoms with Crippen LogP contribution in [0.2, 0.25) is 0 Å². The Balaban J connectivity index is 2.15. The van der Waals surface area contributed by atoms with Crippen molar-refractivity contribution in [2.45, 2.75) is 39.3 Å². The summed E-state index contributed by atoms with van der Waals surface area (Å²) in [5.41, 5.74) is 3.56. The van der Waals surface area contributed by atoms with Gasteiger partial charge in [0.2, 0.25) is 0 Å². The van der Waals surface area contributed by atoms with E-state index in [1.54, 1.807) is 0 Å². The highest BCUT2D eigenvalue weighted by Crippen LogP contribution is 2.57. The number of allylic oxidation sites excluding steroid dienone is 2. The van der Waals surface area contributed by atoms with Crippen LogP contribution in [0.4, 0.5) is 0 Å². The number of ether oxygens (including phenoxy) is 1. The summed E-state index contributed by atoms with van der Waals surface area (Å²) in [5, 5.41) is 9.56. The zero-order chi connectivity index (χ0) is 12.3. The van der Waals surface area contributed by atoms with Crippen molar-refractivity contribution in [3.63, 3.8) is 0 Å². The summed E-state index contributed by atoms with van der Waals surface area (Å²) in [5.74, 6) is 0. The fourth-order valence-corrected chi connectivity index (χ4v) is 3.74. The Morgan fingerprint density at radius 1 is 1.41 bits per heavy atom. The van der Waals surface area contributed by atoms with Gasteiger partial charge in [-0.3, -0.25) is 0 Å². The van der Waals surface area contributed by atoms with Gasteiger partial charge in [-0.25, -0.2) is 0 Å². The normalized spacial score (nSPS) is 34.8. The topological polar surface area (TPSA) is 32.7 Å². The van der Waals surface area contributed by atoms with E-state index in [4.69, 9.17) is 4.74 Å². The van der Waals surface area contributed by atoms with Crippen LogP contribution in [0, 0.1) is 5.41 Å². The first-order chi connectivity index (χ1) is 8.02. The quantitative estimate of drug-likeness (QED) is 0.755. The van der Waals surface area contributed by atoms with Crippen LogP contribution in [0.15, 0.2) is 22.9 Å². The molecule has 0 aromatic heterocycles. The number of hydrogen-bond acceptors (Lipinski definition) is 3.